The molecule has 2 aromatic rings. The zero-order chi connectivity index (χ0) is 21.2. The average Bonchev–Trinajstić information content (AvgIpc) is 2.97. The topological polar surface area (TPSA) is 77.0 Å². The summed E-state index contributed by atoms with van der Waals surface area (Å²) < 4.78 is 16.1. The molecule has 2 unspecified atom stereocenters. The van der Waals surface area contributed by atoms with E-state index in [0.29, 0.717) is 18.9 Å². The fraction of sp³-hybridized carbons (Fsp3) is 0.458. The van der Waals surface area contributed by atoms with Crippen LogP contribution in [0, 0.1) is 0 Å². The molecule has 6 nitrogen and oxygen atoms in total. The lowest BCUT2D eigenvalue weighted by Crippen LogP contribution is -2.39. The Labute approximate surface area is 178 Å². The van der Waals surface area contributed by atoms with Crippen molar-refractivity contribution in [2.75, 3.05) is 26.4 Å². The summed E-state index contributed by atoms with van der Waals surface area (Å²) in [5, 5.41) is 13.7. The average molecular weight is 414 g/mol. The number of fused-ring (bicyclic) bond motifs is 1. The molecule has 3 rings (SSSR count). The van der Waals surface area contributed by atoms with Crippen LogP contribution in [0.25, 0.3) is 0 Å². The summed E-state index contributed by atoms with van der Waals surface area (Å²) in [6.07, 6.45) is 3.43. The van der Waals surface area contributed by atoms with Crippen molar-refractivity contribution in [3.05, 3.63) is 59.7 Å². The van der Waals surface area contributed by atoms with Crippen LogP contribution in [0.15, 0.2) is 48.5 Å². The summed E-state index contributed by atoms with van der Waals surface area (Å²) in [6.45, 7) is 2.78. The van der Waals surface area contributed by atoms with Crippen LogP contribution in [0.5, 0.6) is 11.5 Å². The maximum atomic E-state index is 11.5. The van der Waals surface area contributed by atoms with Gasteiger partial charge in [-0.3, -0.25) is 0 Å². The zero-order valence-electron chi connectivity index (χ0n) is 17.5. The largest absolute Gasteiger partial charge is 0.491 e. The number of aliphatic hydroxyl groups excluding tert-OH is 1. The predicted molar refractivity (Wildman–Crippen MR) is 115 cm³/mol. The van der Waals surface area contributed by atoms with Gasteiger partial charge in [-0.1, -0.05) is 24.3 Å². The summed E-state index contributed by atoms with van der Waals surface area (Å²) in [6, 6.07) is 15.8. The maximum absolute atomic E-state index is 11.5. The number of rotatable bonds is 10. The van der Waals surface area contributed by atoms with Gasteiger partial charge in [-0.05, 0) is 68.0 Å². The van der Waals surface area contributed by atoms with Crippen molar-refractivity contribution in [3.63, 3.8) is 0 Å². The Morgan fingerprint density at radius 1 is 1.13 bits per heavy atom. The Balaban J connectivity index is 1.48. The van der Waals surface area contributed by atoms with E-state index < -0.39 is 6.10 Å². The van der Waals surface area contributed by atoms with Crippen molar-refractivity contribution < 1.29 is 24.1 Å². The van der Waals surface area contributed by atoms with Gasteiger partial charge in [-0.15, -0.1) is 0 Å². The number of esters is 1. The smallest absolute Gasteiger partial charge is 0.344 e. The second-order valence-corrected chi connectivity index (χ2v) is 7.50. The third kappa shape index (κ3) is 7.04. The first-order valence-electron chi connectivity index (χ1n) is 10.6. The molecule has 6 heteroatoms. The van der Waals surface area contributed by atoms with Crippen molar-refractivity contribution in [1.29, 1.82) is 0 Å². The fourth-order valence-corrected chi connectivity index (χ4v) is 3.62. The van der Waals surface area contributed by atoms with Gasteiger partial charge in [0.25, 0.3) is 0 Å². The minimum absolute atomic E-state index is 0.0814. The van der Waals surface area contributed by atoms with Crippen molar-refractivity contribution in [3.8, 4) is 11.5 Å². The molecule has 1 aliphatic rings. The summed E-state index contributed by atoms with van der Waals surface area (Å²) in [4.78, 5) is 11.5. The molecule has 0 aliphatic heterocycles. The van der Waals surface area contributed by atoms with Crippen LogP contribution in [0.2, 0.25) is 0 Å². The first-order chi connectivity index (χ1) is 14.6. The van der Waals surface area contributed by atoms with Gasteiger partial charge in [0.1, 0.15) is 24.2 Å². The highest BCUT2D eigenvalue weighted by Gasteiger charge is 2.18. The van der Waals surface area contributed by atoms with Gasteiger partial charge in [-0.2, -0.15) is 0 Å². The Bertz CT molecular complexity index is 795. The molecule has 0 amide bonds. The van der Waals surface area contributed by atoms with Crippen LogP contribution in [0.4, 0.5) is 0 Å². The van der Waals surface area contributed by atoms with E-state index in [2.05, 4.69) is 11.4 Å². The Morgan fingerprint density at radius 2 is 1.97 bits per heavy atom. The predicted octanol–water partition coefficient (Wildman–Crippen LogP) is 2.91. The summed E-state index contributed by atoms with van der Waals surface area (Å²) >= 11 is 0. The van der Waals surface area contributed by atoms with E-state index in [1.807, 2.05) is 42.5 Å². The first kappa shape index (κ1) is 22.1. The highest BCUT2D eigenvalue weighted by atomic mass is 16.6. The van der Waals surface area contributed by atoms with E-state index >= 15 is 0 Å². The number of nitrogens with one attached hydrogen (secondary N) is 1. The molecule has 2 atom stereocenters. The zero-order valence-corrected chi connectivity index (χ0v) is 17.5. The van der Waals surface area contributed by atoms with Gasteiger partial charge in [0.15, 0.2) is 6.61 Å². The Hall–Kier alpha value is -2.57. The van der Waals surface area contributed by atoms with Crippen molar-refractivity contribution in [2.45, 2.75) is 44.8 Å². The molecular formula is C24H31NO5. The van der Waals surface area contributed by atoms with Crippen LogP contribution in [-0.4, -0.2) is 49.6 Å². The second-order valence-electron chi connectivity index (χ2n) is 7.50. The van der Waals surface area contributed by atoms with Crippen molar-refractivity contribution in [1.82, 2.24) is 5.32 Å². The molecule has 0 bridgehead atoms. The first-order valence-corrected chi connectivity index (χ1v) is 10.6. The molecule has 30 heavy (non-hydrogen) atoms. The number of hydrogen-bond acceptors (Lipinski definition) is 6. The molecule has 2 N–H and O–H groups in total. The molecule has 0 heterocycles. The van der Waals surface area contributed by atoms with Crippen LogP contribution in [-0.2, 0) is 22.4 Å². The number of para-hydroxylation sites is 1. The van der Waals surface area contributed by atoms with Crippen LogP contribution < -0.4 is 14.8 Å². The normalized spacial score (nSPS) is 16.8. The van der Waals surface area contributed by atoms with E-state index in [1.165, 1.54) is 11.1 Å². The van der Waals surface area contributed by atoms with Crippen LogP contribution in [0.3, 0.4) is 0 Å². The number of benzene rings is 2. The third-order valence-electron chi connectivity index (χ3n) is 5.13. The fourth-order valence-electron chi connectivity index (χ4n) is 3.62. The van der Waals surface area contributed by atoms with Crippen molar-refractivity contribution >= 4 is 5.97 Å². The van der Waals surface area contributed by atoms with Gasteiger partial charge in [-0.25, -0.2) is 4.79 Å². The molecule has 0 fully saturated rings. The van der Waals surface area contributed by atoms with Crippen molar-refractivity contribution in [2.24, 2.45) is 0 Å². The molecule has 1 aliphatic carbocycles. The standard InChI is InChI=1S/C24H31NO5/c1-2-28-24(27)17-30-23-12-11-18-7-6-8-20(13-19(18)14-23)25-15-21(26)16-29-22-9-4-3-5-10-22/h3-5,9-12,14,20-21,25-26H,2,6-8,13,15-17H2,1H3. The van der Waals surface area contributed by atoms with Gasteiger partial charge >= 0.3 is 5.97 Å². The van der Waals surface area contributed by atoms with Gasteiger partial charge in [0.05, 0.1) is 6.61 Å². The van der Waals surface area contributed by atoms with Crippen LogP contribution in [0.1, 0.15) is 30.9 Å². The highest BCUT2D eigenvalue weighted by molar-refractivity contribution is 5.71. The lowest BCUT2D eigenvalue weighted by Gasteiger charge is -2.20. The number of ether oxygens (including phenoxy) is 3. The highest BCUT2D eigenvalue weighted by Crippen LogP contribution is 2.25. The van der Waals surface area contributed by atoms with E-state index in [-0.39, 0.29) is 25.2 Å². The molecule has 0 saturated heterocycles. The summed E-state index contributed by atoms with van der Waals surface area (Å²) in [5.41, 5.74) is 2.54. The molecule has 2 aromatic carbocycles. The van der Waals surface area contributed by atoms with Gasteiger partial charge < -0.3 is 24.6 Å². The molecule has 0 radical (unpaired) electrons. The molecule has 162 valence electrons. The minimum Gasteiger partial charge on any atom is -0.491 e. The lowest BCUT2D eigenvalue weighted by molar-refractivity contribution is -0.145. The lowest BCUT2D eigenvalue weighted by atomic mass is 10.0. The monoisotopic (exact) mass is 413 g/mol. The molecular weight excluding hydrogens is 382 g/mol. The molecule has 0 spiro atoms. The number of carbonyl (C=O) groups excluding carboxylic acids is 1. The van der Waals surface area contributed by atoms with Gasteiger partial charge in [0.2, 0.25) is 0 Å². The molecule has 0 aromatic heterocycles. The number of aryl methyl sites for hydroxylation is 1. The van der Waals surface area contributed by atoms with E-state index in [4.69, 9.17) is 14.2 Å². The minimum atomic E-state index is -0.577. The van der Waals surface area contributed by atoms with Gasteiger partial charge in [0, 0.05) is 12.6 Å². The maximum Gasteiger partial charge on any atom is 0.344 e. The second kappa shape index (κ2) is 11.6. The number of carbonyl (C=O) groups is 1. The van der Waals surface area contributed by atoms with Crippen LogP contribution >= 0.6 is 0 Å². The third-order valence-corrected chi connectivity index (χ3v) is 5.13. The van der Waals surface area contributed by atoms with E-state index in [9.17, 15) is 9.90 Å². The summed E-state index contributed by atoms with van der Waals surface area (Å²) in [7, 11) is 0. The van der Waals surface area contributed by atoms with E-state index in [1.54, 1.807) is 6.92 Å². The molecule has 0 saturated carbocycles. The summed E-state index contributed by atoms with van der Waals surface area (Å²) in [5.74, 6) is 1.08. The van der Waals surface area contributed by atoms with E-state index in [0.717, 1.165) is 31.4 Å². The SMILES string of the molecule is CCOC(=O)COc1ccc2c(c1)CC(NCC(O)COc1ccccc1)CCC2. The number of aliphatic hydroxyl groups is 1. The number of hydrogen-bond donors (Lipinski definition) is 2. The quantitative estimate of drug-likeness (QED) is 0.461. The Morgan fingerprint density at radius 3 is 2.77 bits per heavy atom. The Kier molecular flexibility index (Phi) is 8.53.